The van der Waals surface area contributed by atoms with Crippen molar-refractivity contribution in [3.05, 3.63) is 125 Å². The zero-order valence-electron chi connectivity index (χ0n) is 24.2. The quantitative estimate of drug-likeness (QED) is 0.234. The Labute approximate surface area is 257 Å². The molecule has 8 nitrogen and oxygen atoms in total. The average molecular weight is 620 g/mol. The zero-order valence-corrected chi connectivity index (χ0v) is 25.8. The van der Waals surface area contributed by atoms with Crippen LogP contribution < -0.4 is 14.4 Å². The van der Waals surface area contributed by atoms with E-state index in [2.05, 4.69) is 5.32 Å². The van der Waals surface area contributed by atoms with Gasteiger partial charge in [-0.3, -0.25) is 13.9 Å². The SMILES string of the molecule is CNC(=O)[C@@H](Cc1ccccc1)N(Cc1cccc(OC)c1)C(=O)CN(c1ccc(C)cc1)S(=O)(=O)c1ccc(Cl)cc1. The van der Waals surface area contributed by atoms with E-state index in [1.54, 1.807) is 49.6 Å². The minimum atomic E-state index is -4.20. The third-order valence-corrected chi connectivity index (χ3v) is 9.05. The van der Waals surface area contributed by atoms with Crippen LogP contribution in [-0.2, 0) is 32.6 Å². The lowest BCUT2D eigenvalue weighted by Crippen LogP contribution is -2.53. The zero-order chi connectivity index (χ0) is 31.0. The van der Waals surface area contributed by atoms with Gasteiger partial charge in [0.25, 0.3) is 10.0 Å². The highest BCUT2D eigenvalue weighted by atomic mass is 35.5. The molecular weight excluding hydrogens is 586 g/mol. The molecule has 0 heterocycles. The largest absolute Gasteiger partial charge is 0.497 e. The summed E-state index contributed by atoms with van der Waals surface area (Å²) in [6.45, 7) is 1.39. The minimum Gasteiger partial charge on any atom is -0.497 e. The van der Waals surface area contributed by atoms with E-state index < -0.39 is 28.5 Å². The van der Waals surface area contributed by atoms with Crippen LogP contribution >= 0.6 is 11.6 Å². The Hall–Kier alpha value is -4.34. The first-order valence-electron chi connectivity index (χ1n) is 13.6. The van der Waals surface area contributed by atoms with Crippen LogP contribution in [0.3, 0.4) is 0 Å². The molecule has 0 aliphatic carbocycles. The van der Waals surface area contributed by atoms with Gasteiger partial charge in [0.15, 0.2) is 0 Å². The van der Waals surface area contributed by atoms with Gasteiger partial charge in [-0.2, -0.15) is 0 Å². The lowest BCUT2D eigenvalue weighted by molar-refractivity contribution is -0.139. The molecule has 0 aliphatic heterocycles. The van der Waals surface area contributed by atoms with Gasteiger partial charge < -0.3 is 15.0 Å². The smallest absolute Gasteiger partial charge is 0.264 e. The summed E-state index contributed by atoms with van der Waals surface area (Å²) in [6.07, 6.45) is 0.227. The highest BCUT2D eigenvalue weighted by Gasteiger charge is 2.34. The summed E-state index contributed by atoms with van der Waals surface area (Å²) in [5.74, 6) is -0.330. The molecule has 10 heteroatoms. The molecule has 224 valence electrons. The number of hydrogen-bond acceptors (Lipinski definition) is 5. The van der Waals surface area contributed by atoms with Crippen LogP contribution in [0.2, 0.25) is 5.02 Å². The van der Waals surface area contributed by atoms with Crippen molar-refractivity contribution in [2.45, 2.75) is 30.8 Å². The van der Waals surface area contributed by atoms with Crippen molar-refractivity contribution < 1.29 is 22.7 Å². The monoisotopic (exact) mass is 619 g/mol. The number of amides is 2. The summed E-state index contributed by atoms with van der Waals surface area (Å²) < 4.78 is 34.4. The summed E-state index contributed by atoms with van der Waals surface area (Å²) >= 11 is 6.03. The maximum absolute atomic E-state index is 14.3. The van der Waals surface area contributed by atoms with Crippen molar-refractivity contribution in [1.29, 1.82) is 0 Å². The van der Waals surface area contributed by atoms with Crippen molar-refractivity contribution >= 4 is 39.1 Å². The Kier molecular flexibility index (Phi) is 10.4. The normalized spacial score (nSPS) is 11.8. The molecule has 0 bridgehead atoms. The number of methoxy groups -OCH3 is 1. The van der Waals surface area contributed by atoms with Crippen molar-refractivity contribution in [3.63, 3.8) is 0 Å². The molecule has 0 saturated carbocycles. The second kappa shape index (κ2) is 14.2. The van der Waals surface area contributed by atoms with Crippen LogP contribution in [-0.4, -0.2) is 51.9 Å². The Balaban J connectivity index is 1.79. The molecule has 1 N–H and O–H groups in total. The highest BCUT2D eigenvalue weighted by Crippen LogP contribution is 2.26. The number of aryl methyl sites for hydroxylation is 1. The van der Waals surface area contributed by atoms with Gasteiger partial charge in [-0.1, -0.05) is 71.8 Å². The van der Waals surface area contributed by atoms with Gasteiger partial charge in [0, 0.05) is 25.0 Å². The predicted octanol–water partition coefficient (Wildman–Crippen LogP) is 5.24. The molecule has 0 radical (unpaired) electrons. The van der Waals surface area contributed by atoms with Gasteiger partial charge in [-0.25, -0.2) is 8.42 Å². The number of sulfonamides is 1. The number of nitrogens with zero attached hydrogens (tertiary/aromatic N) is 2. The van der Waals surface area contributed by atoms with Crippen molar-refractivity contribution in [3.8, 4) is 5.75 Å². The Bertz CT molecular complexity index is 1650. The van der Waals surface area contributed by atoms with E-state index in [4.69, 9.17) is 16.3 Å². The summed E-state index contributed by atoms with van der Waals surface area (Å²) in [6, 6.07) is 28.3. The Morgan fingerprint density at radius 2 is 1.53 bits per heavy atom. The average Bonchev–Trinajstić information content (AvgIpc) is 3.02. The molecule has 43 heavy (non-hydrogen) atoms. The van der Waals surface area contributed by atoms with Crippen molar-refractivity contribution in [1.82, 2.24) is 10.2 Å². The number of likely N-dealkylation sites (N-methyl/N-ethyl adjacent to an activating group) is 1. The lowest BCUT2D eigenvalue weighted by Gasteiger charge is -2.33. The topological polar surface area (TPSA) is 96.0 Å². The first kappa shape index (κ1) is 31.6. The summed E-state index contributed by atoms with van der Waals surface area (Å²) in [7, 11) is -1.14. The number of rotatable bonds is 12. The van der Waals surface area contributed by atoms with E-state index in [0.29, 0.717) is 16.5 Å². The molecule has 0 aliphatic rings. The maximum Gasteiger partial charge on any atom is 0.264 e. The number of hydrogen-bond donors (Lipinski definition) is 1. The molecule has 4 rings (SSSR count). The molecule has 2 amide bonds. The number of carbonyl (C=O) groups excluding carboxylic acids is 2. The molecule has 0 saturated heterocycles. The number of halogens is 1. The van der Waals surface area contributed by atoms with Gasteiger partial charge in [-0.15, -0.1) is 0 Å². The number of benzene rings is 4. The van der Waals surface area contributed by atoms with Gasteiger partial charge >= 0.3 is 0 Å². The summed E-state index contributed by atoms with van der Waals surface area (Å²) in [5, 5.41) is 3.06. The fourth-order valence-corrected chi connectivity index (χ4v) is 6.20. The summed E-state index contributed by atoms with van der Waals surface area (Å²) in [4.78, 5) is 29.1. The molecule has 4 aromatic carbocycles. The highest BCUT2D eigenvalue weighted by molar-refractivity contribution is 7.92. The van der Waals surface area contributed by atoms with E-state index in [9.17, 15) is 18.0 Å². The number of ether oxygens (including phenoxy) is 1. The standard InChI is InChI=1S/C33H34ClN3O5S/c1-24-12-16-28(17-13-24)37(43(40,41)30-18-14-27(34)15-19-30)23-32(38)36(22-26-10-7-11-29(20-26)42-3)31(33(39)35-2)21-25-8-5-4-6-9-25/h4-20,31H,21-23H2,1-3H3,(H,35,39)/t31-/m1/s1. The number of anilines is 1. The lowest BCUT2D eigenvalue weighted by atomic mass is 10.0. The van der Waals surface area contributed by atoms with Gasteiger partial charge in [-0.05, 0) is 66.6 Å². The first-order chi connectivity index (χ1) is 20.6. The molecule has 0 spiro atoms. The van der Waals surface area contributed by atoms with Crippen LogP contribution in [0.25, 0.3) is 0 Å². The van der Waals surface area contributed by atoms with Crippen molar-refractivity contribution in [2.75, 3.05) is 25.0 Å². The molecule has 0 aromatic heterocycles. The van der Waals surface area contributed by atoms with Crippen molar-refractivity contribution in [2.24, 2.45) is 0 Å². The van der Waals surface area contributed by atoms with Crippen LogP contribution in [0.5, 0.6) is 5.75 Å². The predicted molar refractivity (Wildman–Crippen MR) is 169 cm³/mol. The Morgan fingerprint density at radius 3 is 2.16 bits per heavy atom. The fourth-order valence-electron chi connectivity index (χ4n) is 4.66. The molecule has 4 aromatic rings. The van der Waals surface area contributed by atoms with E-state index in [1.807, 2.05) is 43.3 Å². The van der Waals surface area contributed by atoms with Gasteiger partial charge in [0.05, 0.1) is 17.7 Å². The van der Waals surface area contributed by atoms with Crippen LogP contribution in [0, 0.1) is 6.92 Å². The third kappa shape index (κ3) is 7.94. The Morgan fingerprint density at radius 1 is 0.884 bits per heavy atom. The summed E-state index contributed by atoms with van der Waals surface area (Å²) in [5.41, 5.74) is 2.82. The van der Waals surface area contributed by atoms with Gasteiger partial charge in [0.1, 0.15) is 18.3 Å². The van der Waals surface area contributed by atoms with E-state index >= 15 is 0 Å². The van der Waals surface area contributed by atoms with Gasteiger partial charge in [0.2, 0.25) is 11.8 Å². The number of nitrogens with one attached hydrogen (secondary N) is 1. The number of carbonyl (C=O) groups is 2. The van der Waals surface area contributed by atoms with Crippen LogP contribution in [0.4, 0.5) is 5.69 Å². The first-order valence-corrected chi connectivity index (χ1v) is 15.5. The molecule has 0 fully saturated rings. The van der Waals surface area contributed by atoms with E-state index in [-0.39, 0.29) is 23.8 Å². The molecular formula is C33H34ClN3O5S. The minimum absolute atomic E-state index is 0.0169. The third-order valence-electron chi connectivity index (χ3n) is 7.01. The molecule has 0 unspecified atom stereocenters. The van der Waals surface area contributed by atoms with Crippen LogP contribution in [0.1, 0.15) is 16.7 Å². The fraction of sp³-hybridized carbons (Fsp3) is 0.212. The van der Waals surface area contributed by atoms with E-state index in [1.165, 1.54) is 36.2 Å². The molecule has 1 atom stereocenters. The van der Waals surface area contributed by atoms with Crippen LogP contribution in [0.15, 0.2) is 108 Å². The van der Waals surface area contributed by atoms with E-state index in [0.717, 1.165) is 21.0 Å². The second-order valence-electron chi connectivity index (χ2n) is 9.99. The maximum atomic E-state index is 14.3. The second-order valence-corrected chi connectivity index (χ2v) is 12.3.